The predicted octanol–water partition coefficient (Wildman–Crippen LogP) is 3.98. The summed E-state index contributed by atoms with van der Waals surface area (Å²) in [5.74, 6) is -0.204. The molecule has 3 rings (SSSR count). The van der Waals surface area contributed by atoms with Crippen LogP contribution < -0.4 is 5.32 Å². The molecule has 12 nitrogen and oxygen atoms in total. The van der Waals surface area contributed by atoms with Gasteiger partial charge in [0.05, 0.1) is 98.9 Å². The molecule has 0 aromatic heterocycles. The normalized spacial score (nSPS) is 12.1. The maximum atomic E-state index is 12.2. The Morgan fingerprint density at radius 1 is 0.574 bits per heavy atom. The van der Waals surface area contributed by atoms with Crippen molar-refractivity contribution in [2.45, 2.75) is 25.7 Å². The second-order valence-electron chi connectivity index (χ2n) is 10.4. The summed E-state index contributed by atoms with van der Waals surface area (Å²) >= 11 is 0. The van der Waals surface area contributed by atoms with Gasteiger partial charge < -0.3 is 47.9 Å². The van der Waals surface area contributed by atoms with Crippen molar-refractivity contribution in [2.75, 3.05) is 112 Å². The predicted molar refractivity (Wildman–Crippen MR) is 175 cm³/mol. The Bertz CT molecular complexity index is 1090. The van der Waals surface area contributed by atoms with Crippen LogP contribution in [0.2, 0.25) is 0 Å². The molecular weight excluding hydrogens is 610 g/mol. The highest BCUT2D eigenvalue weighted by Gasteiger charge is 2.28. The molecule has 0 bridgehead atoms. The first-order valence-corrected chi connectivity index (χ1v) is 16.5. The van der Waals surface area contributed by atoms with Gasteiger partial charge in [0.2, 0.25) is 0 Å². The number of hydrogen-bond donors (Lipinski definition) is 1. The quantitative estimate of drug-likeness (QED) is 0.105. The SMILES string of the molecule is CCOC(=O)CCOCCOCCOCCOCCOCCOCCOCCCNC(=O)OCC1c2ccccc2-c2ccccc21. The van der Waals surface area contributed by atoms with Crippen molar-refractivity contribution in [2.24, 2.45) is 0 Å². The fourth-order valence-corrected chi connectivity index (χ4v) is 4.82. The molecule has 1 aliphatic rings. The Morgan fingerprint density at radius 2 is 1.00 bits per heavy atom. The standard InChI is InChI=1S/C35H51NO11/c1-2-46-34(37)12-15-40-17-19-42-21-23-44-25-27-45-26-24-43-22-20-41-18-16-39-14-7-13-36-35(38)47-28-33-31-10-5-3-8-29(31)30-9-4-6-11-32(30)33/h3-6,8-11,33H,2,7,12-28H2,1H3,(H,36,38). The van der Waals surface area contributed by atoms with Crippen molar-refractivity contribution >= 4 is 12.1 Å². The van der Waals surface area contributed by atoms with Crippen LogP contribution in [0.4, 0.5) is 4.79 Å². The van der Waals surface area contributed by atoms with E-state index in [1.807, 2.05) is 24.3 Å². The van der Waals surface area contributed by atoms with E-state index in [2.05, 4.69) is 29.6 Å². The van der Waals surface area contributed by atoms with Crippen LogP contribution in [0.3, 0.4) is 0 Å². The van der Waals surface area contributed by atoms with Crippen LogP contribution in [0, 0.1) is 0 Å². The summed E-state index contributed by atoms with van der Waals surface area (Å²) in [6.45, 7) is 9.44. The van der Waals surface area contributed by atoms with E-state index in [1.54, 1.807) is 6.92 Å². The van der Waals surface area contributed by atoms with Crippen molar-refractivity contribution < 1.29 is 52.2 Å². The molecule has 0 saturated carbocycles. The lowest BCUT2D eigenvalue weighted by molar-refractivity contribution is -0.144. The van der Waals surface area contributed by atoms with Gasteiger partial charge in [-0.25, -0.2) is 4.79 Å². The summed E-state index contributed by atoms with van der Waals surface area (Å²) in [4.78, 5) is 23.4. The number of benzene rings is 2. The Balaban J connectivity index is 1.00. The van der Waals surface area contributed by atoms with Gasteiger partial charge in [0, 0.05) is 19.1 Å². The van der Waals surface area contributed by atoms with Crippen LogP contribution in [0.25, 0.3) is 11.1 Å². The first-order chi connectivity index (χ1) is 23.2. The maximum Gasteiger partial charge on any atom is 0.407 e. The third-order valence-electron chi connectivity index (χ3n) is 7.07. The molecule has 2 aromatic rings. The fraction of sp³-hybridized carbons (Fsp3) is 0.600. The highest BCUT2D eigenvalue weighted by atomic mass is 16.6. The Labute approximate surface area is 278 Å². The number of amides is 1. The molecule has 0 atom stereocenters. The minimum absolute atomic E-state index is 0.0496. The van der Waals surface area contributed by atoms with Crippen LogP contribution >= 0.6 is 0 Å². The zero-order valence-corrected chi connectivity index (χ0v) is 27.6. The fourth-order valence-electron chi connectivity index (χ4n) is 4.82. The van der Waals surface area contributed by atoms with Crippen molar-refractivity contribution in [3.63, 3.8) is 0 Å². The molecule has 0 unspecified atom stereocenters. The van der Waals surface area contributed by atoms with Gasteiger partial charge in [-0.15, -0.1) is 0 Å². The zero-order valence-electron chi connectivity index (χ0n) is 27.6. The minimum atomic E-state index is -0.417. The number of hydrogen-bond acceptors (Lipinski definition) is 11. The highest BCUT2D eigenvalue weighted by molar-refractivity contribution is 5.79. The monoisotopic (exact) mass is 661 g/mol. The number of carbonyl (C=O) groups is 2. The van der Waals surface area contributed by atoms with Crippen molar-refractivity contribution in [3.05, 3.63) is 59.7 Å². The van der Waals surface area contributed by atoms with Crippen molar-refractivity contribution in [3.8, 4) is 11.1 Å². The van der Waals surface area contributed by atoms with Gasteiger partial charge in [-0.1, -0.05) is 48.5 Å². The van der Waals surface area contributed by atoms with Gasteiger partial charge in [-0.05, 0) is 35.6 Å². The van der Waals surface area contributed by atoms with E-state index >= 15 is 0 Å². The van der Waals surface area contributed by atoms with E-state index in [0.29, 0.717) is 119 Å². The zero-order chi connectivity index (χ0) is 33.2. The van der Waals surface area contributed by atoms with E-state index < -0.39 is 6.09 Å². The first-order valence-electron chi connectivity index (χ1n) is 16.5. The summed E-state index contributed by atoms with van der Waals surface area (Å²) in [6.07, 6.45) is 0.518. The number of fused-ring (bicyclic) bond motifs is 3. The molecule has 262 valence electrons. The molecule has 12 heteroatoms. The Hall–Kier alpha value is -3.10. The van der Waals surface area contributed by atoms with Gasteiger partial charge >= 0.3 is 12.1 Å². The van der Waals surface area contributed by atoms with Crippen LogP contribution in [0.15, 0.2) is 48.5 Å². The number of esters is 1. The lowest BCUT2D eigenvalue weighted by Gasteiger charge is -2.14. The molecular formula is C35H51NO11. The second kappa shape index (κ2) is 25.0. The summed E-state index contributed by atoms with van der Waals surface area (Å²) in [6, 6.07) is 16.5. The van der Waals surface area contributed by atoms with Crippen LogP contribution in [-0.4, -0.2) is 124 Å². The molecule has 1 amide bonds. The molecule has 0 spiro atoms. The Kier molecular flexibility index (Phi) is 20.4. The summed E-state index contributed by atoms with van der Waals surface area (Å²) in [5.41, 5.74) is 4.80. The lowest BCUT2D eigenvalue weighted by atomic mass is 9.98. The molecule has 0 aliphatic heterocycles. The first kappa shape index (κ1) is 38.3. The number of nitrogens with one attached hydrogen (secondary N) is 1. The van der Waals surface area contributed by atoms with Crippen LogP contribution in [-0.2, 0) is 47.4 Å². The second-order valence-corrected chi connectivity index (χ2v) is 10.4. The molecule has 0 radical (unpaired) electrons. The molecule has 0 saturated heterocycles. The summed E-state index contributed by atoms with van der Waals surface area (Å²) in [7, 11) is 0. The van der Waals surface area contributed by atoms with Gasteiger partial charge in [-0.3, -0.25) is 4.79 Å². The van der Waals surface area contributed by atoms with Crippen LogP contribution in [0.1, 0.15) is 36.8 Å². The van der Waals surface area contributed by atoms with E-state index in [4.69, 9.17) is 42.6 Å². The van der Waals surface area contributed by atoms with Crippen molar-refractivity contribution in [1.82, 2.24) is 5.32 Å². The molecule has 0 heterocycles. The van der Waals surface area contributed by atoms with Gasteiger partial charge in [-0.2, -0.15) is 0 Å². The van der Waals surface area contributed by atoms with E-state index in [0.717, 1.165) is 0 Å². The topological polar surface area (TPSA) is 129 Å². The number of ether oxygens (including phenoxy) is 9. The van der Waals surface area contributed by atoms with E-state index in [-0.39, 0.29) is 18.3 Å². The lowest BCUT2D eigenvalue weighted by Crippen LogP contribution is -2.27. The third-order valence-corrected chi connectivity index (χ3v) is 7.07. The number of rotatable bonds is 28. The Morgan fingerprint density at radius 3 is 1.47 bits per heavy atom. The average molecular weight is 662 g/mol. The molecule has 1 N–H and O–H groups in total. The van der Waals surface area contributed by atoms with Crippen LogP contribution in [0.5, 0.6) is 0 Å². The minimum Gasteiger partial charge on any atom is -0.466 e. The molecule has 0 fully saturated rings. The van der Waals surface area contributed by atoms with Gasteiger partial charge in [0.15, 0.2) is 0 Å². The summed E-state index contributed by atoms with van der Waals surface area (Å²) < 4.78 is 48.5. The average Bonchev–Trinajstić information content (AvgIpc) is 3.41. The summed E-state index contributed by atoms with van der Waals surface area (Å²) in [5, 5.41) is 2.80. The largest absolute Gasteiger partial charge is 0.466 e. The molecule has 1 aliphatic carbocycles. The highest BCUT2D eigenvalue weighted by Crippen LogP contribution is 2.44. The molecule has 47 heavy (non-hydrogen) atoms. The number of alkyl carbamates (subject to hydrolysis) is 1. The maximum absolute atomic E-state index is 12.2. The smallest absolute Gasteiger partial charge is 0.407 e. The number of carbonyl (C=O) groups excluding carboxylic acids is 2. The van der Waals surface area contributed by atoms with Crippen molar-refractivity contribution in [1.29, 1.82) is 0 Å². The molecule has 2 aromatic carbocycles. The van der Waals surface area contributed by atoms with Gasteiger partial charge in [0.25, 0.3) is 0 Å². The van der Waals surface area contributed by atoms with E-state index in [9.17, 15) is 9.59 Å². The van der Waals surface area contributed by atoms with E-state index in [1.165, 1.54) is 22.3 Å². The third kappa shape index (κ3) is 16.0. The van der Waals surface area contributed by atoms with Gasteiger partial charge in [0.1, 0.15) is 6.61 Å².